The predicted molar refractivity (Wildman–Crippen MR) is 124 cm³/mol. The van der Waals surface area contributed by atoms with Gasteiger partial charge < -0.3 is 14.8 Å². The van der Waals surface area contributed by atoms with Gasteiger partial charge in [-0.25, -0.2) is 0 Å². The third-order valence-corrected chi connectivity index (χ3v) is 7.26. The summed E-state index contributed by atoms with van der Waals surface area (Å²) >= 11 is 1.45. The van der Waals surface area contributed by atoms with Crippen molar-refractivity contribution in [1.29, 1.82) is 0 Å². The van der Waals surface area contributed by atoms with E-state index in [0.29, 0.717) is 23.4 Å². The summed E-state index contributed by atoms with van der Waals surface area (Å²) in [6.07, 6.45) is 5.63. The zero-order valence-electron chi connectivity index (χ0n) is 18.1. The topological polar surface area (TPSA) is 65.1 Å². The summed E-state index contributed by atoms with van der Waals surface area (Å²) in [5, 5.41) is 11.3. The molecule has 0 amide bonds. The Kier molecular flexibility index (Phi) is 6.49. The first-order chi connectivity index (χ1) is 14.5. The molecule has 0 spiro atoms. The summed E-state index contributed by atoms with van der Waals surface area (Å²) in [6, 6.07) is 8.85. The number of nitrogens with zero attached hydrogens (tertiary/aromatic N) is 4. The molecule has 1 aliphatic rings. The second-order valence-corrected chi connectivity index (χ2v) is 9.47. The average molecular weight is 426 g/mol. The number of likely N-dealkylation sites (N-methyl/N-ethyl adjacent to an activating group) is 1. The first-order valence-corrected chi connectivity index (χ1v) is 11.7. The van der Waals surface area contributed by atoms with Gasteiger partial charge in [-0.1, -0.05) is 42.9 Å². The van der Waals surface area contributed by atoms with Gasteiger partial charge in [-0.2, -0.15) is 0 Å². The van der Waals surface area contributed by atoms with Crippen LogP contribution in [0.5, 0.6) is 0 Å². The van der Waals surface area contributed by atoms with E-state index in [-0.39, 0.29) is 5.78 Å². The molecule has 1 N–H and O–H groups in total. The number of rotatable bonds is 8. The zero-order valence-corrected chi connectivity index (χ0v) is 18.9. The highest BCUT2D eigenvalue weighted by Crippen LogP contribution is 2.28. The number of hydrogen-bond acceptors (Lipinski definition) is 6. The first-order valence-electron chi connectivity index (χ1n) is 10.9. The quantitative estimate of drug-likeness (QED) is 0.542. The highest BCUT2D eigenvalue weighted by molar-refractivity contribution is 7.17. The fourth-order valence-corrected chi connectivity index (χ4v) is 5.15. The van der Waals surface area contributed by atoms with E-state index in [9.17, 15) is 4.79 Å². The van der Waals surface area contributed by atoms with Crippen molar-refractivity contribution in [2.24, 2.45) is 5.92 Å². The second kappa shape index (κ2) is 9.27. The summed E-state index contributed by atoms with van der Waals surface area (Å²) in [6.45, 7) is 7.28. The third-order valence-electron chi connectivity index (χ3n) is 6.24. The lowest BCUT2D eigenvalue weighted by Crippen LogP contribution is -2.50. The molecule has 2 aromatic heterocycles. The number of aromatic nitrogens is 3. The molecule has 7 heteroatoms. The fourth-order valence-electron chi connectivity index (χ4n) is 4.32. The Labute approximate surface area is 182 Å². The van der Waals surface area contributed by atoms with Crippen molar-refractivity contribution in [2.75, 3.05) is 31.6 Å². The van der Waals surface area contributed by atoms with E-state index in [0.717, 1.165) is 49.5 Å². The van der Waals surface area contributed by atoms with Crippen LogP contribution in [0.2, 0.25) is 0 Å². The van der Waals surface area contributed by atoms with E-state index >= 15 is 0 Å². The van der Waals surface area contributed by atoms with E-state index in [1.165, 1.54) is 22.3 Å². The Hall–Kier alpha value is -2.25. The van der Waals surface area contributed by atoms with Crippen molar-refractivity contribution in [1.82, 2.24) is 20.1 Å². The van der Waals surface area contributed by atoms with Gasteiger partial charge in [-0.15, -0.1) is 10.2 Å². The van der Waals surface area contributed by atoms with Crippen LogP contribution in [0.15, 0.2) is 30.5 Å². The van der Waals surface area contributed by atoms with Gasteiger partial charge in [0.05, 0.1) is 0 Å². The van der Waals surface area contributed by atoms with Gasteiger partial charge in [0.2, 0.25) is 5.13 Å². The van der Waals surface area contributed by atoms with Crippen molar-refractivity contribution in [3.8, 4) is 0 Å². The second-order valence-electron chi connectivity index (χ2n) is 8.51. The van der Waals surface area contributed by atoms with E-state index in [1.54, 1.807) is 0 Å². The Balaban J connectivity index is 1.43. The molecule has 1 aromatic carbocycles. The molecule has 30 heavy (non-hydrogen) atoms. The van der Waals surface area contributed by atoms with Gasteiger partial charge >= 0.3 is 0 Å². The van der Waals surface area contributed by atoms with Crippen LogP contribution in [-0.4, -0.2) is 58.6 Å². The lowest BCUT2D eigenvalue weighted by atomic mass is 9.90. The maximum Gasteiger partial charge on any atom is 0.208 e. The zero-order chi connectivity index (χ0) is 21.1. The van der Waals surface area contributed by atoms with E-state index in [2.05, 4.69) is 70.3 Å². The summed E-state index contributed by atoms with van der Waals surface area (Å²) in [4.78, 5) is 21.0. The summed E-state index contributed by atoms with van der Waals surface area (Å²) in [7, 11) is 2.15. The molecule has 0 radical (unpaired) electrons. The SMILES string of the molecule is CCCC(CC(=O)c1nnc(N2CCN(C)C(C)C2)s1)Cc1c[nH]c2ccccc12. The highest BCUT2D eigenvalue weighted by Gasteiger charge is 2.25. The lowest BCUT2D eigenvalue weighted by Gasteiger charge is -2.37. The number of benzene rings is 1. The normalized spacial score (nSPS) is 18.8. The number of Topliss-reactive ketones (excluding diaryl/α,β-unsaturated/α-hetero) is 1. The number of piperazine rings is 1. The number of hydrogen-bond donors (Lipinski definition) is 1. The van der Waals surface area contributed by atoms with Crippen LogP contribution in [0.25, 0.3) is 10.9 Å². The molecule has 6 nitrogen and oxygen atoms in total. The molecule has 0 bridgehead atoms. The van der Waals surface area contributed by atoms with Gasteiger partial charge in [0.25, 0.3) is 0 Å². The van der Waals surface area contributed by atoms with Crippen LogP contribution < -0.4 is 4.90 Å². The Morgan fingerprint density at radius 3 is 2.93 bits per heavy atom. The maximum atomic E-state index is 13.0. The molecule has 2 unspecified atom stereocenters. The Morgan fingerprint density at radius 1 is 1.30 bits per heavy atom. The lowest BCUT2D eigenvalue weighted by molar-refractivity contribution is 0.0957. The number of carbonyl (C=O) groups is 1. The highest BCUT2D eigenvalue weighted by atomic mass is 32.1. The maximum absolute atomic E-state index is 13.0. The summed E-state index contributed by atoms with van der Waals surface area (Å²) in [5.41, 5.74) is 2.45. The van der Waals surface area contributed by atoms with Crippen LogP contribution >= 0.6 is 11.3 Å². The van der Waals surface area contributed by atoms with Crippen LogP contribution in [-0.2, 0) is 6.42 Å². The number of aromatic amines is 1. The number of ketones is 1. The molecule has 1 saturated heterocycles. The predicted octanol–water partition coefficient (Wildman–Crippen LogP) is 4.39. The van der Waals surface area contributed by atoms with E-state index in [1.807, 2.05) is 6.07 Å². The minimum atomic E-state index is 0.124. The molecule has 1 aliphatic heterocycles. The van der Waals surface area contributed by atoms with Crippen molar-refractivity contribution in [3.63, 3.8) is 0 Å². The van der Waals surface area contributed by atoms with Gasteiger partial charge in [-0.3, -0.25) is 4.79 Å². The van der Waals surface area contributed by atoms with E-state index < -0.39 is 0 Å². The van der Waals surface area contributed by atoms with Gasteiger partial charge in [-0.05, 0) is 44.4 Å². The van der Waals surface area contributed by atoms with Crippen LogP contribution in [0, 0.1) is 5.92 Å². The van der Waals surface area contributed by atoms with Crippen LogP contribution in [0.4, 0.5) is 5.13 Å². The Bertz CT molecular complexity index is 996. The molecule has 1 fully saturated rings. The molecular formula is C23H31N5OS. The Morgan fingerprint density at radius 2 is 2.13 bits per heavy atom. The first kappa shape index (κ1) is 21.0. The fraction of sp³-hybridized carbons (Fsp3) is 0.522. The molecule has 4 rings (SSSR count). The van der Waals surface area contributed by atoms with Crippen molar-refractivity contribution >= 4 is 33.2 Å². The summed E-state index contributed by atoms with van der Waals surface area (Å²) < 4.78 is 0. The molecule has 2 atom stereocenters. The third kappa shape index (κ3) is 4.57. The largest absolute Gasteiger partial charge is 0.361 e. The minimum Gasteiger partial charge on any atom is -0.361 e. The number of H-pyrrole nitrogens is 1. The van der Waals surface area contributed by atoms with Crippen molar-refractivity contribution < 1.29 is 4.79 Å². The number of anilines is 1. The standard InChI is InChI=1S/C23H31N5OS/c1-4-7-17(12-18-14-24-20-9-6-5-8-19(18)20)13-21(29)22-25-26-23(30-22)28-11-10-27(3)16(2)15-28/h5-6,8-9,14,16-17,24H,4,7,10-13,15H2,1-3H3. The van der Waals surface area contributed by atoms with Crippen LogP contribution in [0.3, 0.4) is 0 Å². The smallest absolute Gasteiger partial charge is 0.208 e. The summed E-state index contributed by atoms with van der Waals surface area (Å²) in [5.74, 6) is 0.442. The van der Waals surface area contributed by atoms with Crippen molar-refractivity contribution in [3.05, 3.63) is 41.0 Å². The number of nitrogens with one attached hydrogen (secondary N) is 1. The minimum absolute atomic E-state index is 0.124. The number of carbonyl (C=O) groups excluding carboxylic acids is 1. The number of fused-ring (bicyclic) bond motifs is 1. The molecule has 3 aromatic rings. The van der Waals surface area contributed by atoms with Crippen molar-refractivity contribution in [2.45, 2.75) is 45.6 Å². The molecule has 3 heterocycles. The van der Waals surface area contributed by atoms with Gasteiger partial charge in [0.15, 0.2) is 10.8 Å². The number of para-hydroxylation sites is 1. The monoisotopic (exact) mass is 425 g/mol. The van der Waals surface area contributed by atoms with Gasteiger partial charge in [0.1, 0.15) is 0 Å². The molecule has 0 aliphatic carbocycles. The molecule has 160 valence electrons. The van der Waals surface area contributed by atoms with Gasteiger partial charge in [0, 0.05) is 49.2 Å². The van der Waals surface area contributed by atoms with E-state index in [4.69, 9.17) is 0 Å². The van der Waals surface area contributed by atoms with Crippen LogP contribution in [0.1, 0.15) is 48.5 Å². The average Bonchev–Trinajstić information content (AvgIpc) is 3.38. The molecular weight excluding hydrogens is 394 g/mol. The molecule has 0 saturated carbocycles.